The van der Waals surface area contributed by atoms with Crippen LogP contribution >= 0.6 is 0 Å². The van der Waals surface area contributed by atoms with Gasteiger partial charge in [0, 0.05) is 6.42 Å². The predicted molar refractivity (Wildman–Crippen MR) is 244 cm³/mol. The fourth-order valence-corrected chi connectivity index (χ4v) is 7.54. The molecule has 2 unspecified atom stereocenters. The maximum absolute atomic E-state index is 12.4. The summed E-state index contributed by atoms with van der Waals surface area (Å²) in [6, 6.07) is -0.643. The summed E-state index contributed by atoms with van der Waals surface area (Å²) in [5.41, 5.74) is 0. The second kappa shape index (κ2) is 47.0. The minimum atomic E-state index is -0.865. The Morgan fingerprint density at radius 2 is 0.709 bits per heavy atom. The monoisotopic (exact) mass is 772 g/mol. The molecule has 1 amide bonds. The number of hydrogen-bond acceptors (Lipinski definition) is 3. The van der Waals surface area contributed by atoms with Crippen LogP contribution in [0.25, 0.3) is 0 Å². The van der Waals surface area contributed by atoms with E-state index in [1.54, 1.807) is 6.08 Å². The van der Waals surface area contributed by atoms with Crippen molar-refractivity contribution in [1.82, 2.24) is 5.32 Å². The average molecular weight is 772 g/mol. The summed E-state index contributed by atoms with van der Waals surface area (Å²) >= 11 is 0. The topological polar surface area (TPSA) is 69.6 Å². The highest BCUT2D eigenvalue weighted by Gasteiger charge is 2.17. The molecule has 0 aliphatic carbocycles. The Morgan fingerprint density at radius 1 is 0.418 bits per heavy atom. The zero-order valence-corrected chi connectivity index (χ0v) is 37.2. The molecule has 0 saturated carbocycles. The molecule has 0 heterocycles. The molecule has 55 heavy (non-hydrogen) atoms. The van der Waals surface area contributed by atoms with Crippen molar-refractivity contribution in [2.75, 3.05) is 6.61 Å². The van der Waals surface area contributed by atoms with Crippen LogP contribution in [0.2, 0.25) is 0 Å². The number of amides is 1. The van der Waals surface area contributed by atoms with Crippen LogP contribution in [0, 0.1) is 0 Å². The normalized spacial score (nSPS) is 13.2. The van der Waals surface area contributed by atoms with Gasteiger partial charge in [-0.05, 0) is 57.8 Å². The van der Waals surface area contributed by atoms with Crippen molar-refractivity contribution < 1.29 is 15.0 Å². The van der Waals surface area contributed by atoms with Crippen LogP contribution in [0.4, 0.5) is 0 Å². The molecule has 0 aromatic rings. The lowest BCUT2D eigenvalue weighted by molar-refractivity contribution is -0.123. The maximum atomic E-state index is 12.4. The van der Waals surface area contributed by atoms with Gasteiger partial charge in [0.1, 0.15) is 0 Å². The zero-order chi connectivity index (χ0) is 40.0. The van der Waals surface area contributed by atoms with E-state index in [0.717, 1.165) is 44.9 Å². The quantitative estimate of drug-likeness (QED) is 0.0426. The Balaban J connectivity index is 3.57. The van der Waals surface area contributed by atoms with Gasteiger partial charge >= 0.3 is 0 Å². The third-order valence-corrected chi connectivity index (χ3v) is 11.3. The van der Waals surface area contributed by atoms with E-state index in [2.05, 4.69) is 43.5 Å². The summed E-state index contributed by atoms with van der Waals surface area (Å²) in [5, 5.41) is 23.1. The Morgan fingerprint density at radius 3 is 1.05 bits per heavy atom. The van der Waals surface area contributed by atoms with Crippen molar-refractivity contribution in [2.24, 2.45) is 0 Å². The highest BCUT2D eigenvalue weighted by molar-refractivity contribution is 5.76. The number of nitrogens with one attached hydrogen (secondary N) is 1. The minimum Gasteiger partial charge on any atom is -0.394 e. The number of aliphatic hydroxyl groups excluding tert-OH is 2. The molecule has 0 fully saturated rings. The van der Waals surface area contributed by atoms with Crippen molar-refractivity contribution in [2.45, 2.75) is 276 Å². The van der Waals surface area contributed by atoms with Crippen molar-refractivity contribution in [1.29, 1.82) is 0 Å². The number of carbonyl (C=O) groups excluding carboxylic acids is 1. The summed E-state index contributed by atoms with van der Waals surface area (Å²) in [5.74, 6) is -0.0799. The van der Waals surface area contributed by atoms with Crippen LogP contribution in [-0.4, -0.2) is 34.9 Å². The molecule has 0 radical (unpaired) electrons. The van der Waals surface area contributed by atoms with Crippen LogP contribution in [0.15, 0.2) is 36.5 Å². The van der Waals surface area contributed by atoms with E-state index < -0.39 is 12.1 Å². The molecular formula is C51H97NO3. The Bertz CT molecular complexity index is 836. The zero-order valence-electron chi connectivity index (χ0n) is 37.2. The molecule has 0 saturated heterocycles. The summed E-state index contributed by atoms with van der Waals surface area (Å²) < 4.78 is 0. The molecule has 0 aliphatic heterocycles. The SMILES string of the molecule is CCCCCCCCCCC/C=C\CCCCCCCC(=O)NC(CO)C(O)/C=C/CC/C=C/CCCCCCCCCCCCCCCCCCCCC. The lowest BCUT2D eigenvalue weighted by atomic mass is 10.0. The molecule has 0 spiro atoms. The fourth-order valence-electron chi connectivity index (χ4n) is 7.54. The van der Waals surface area contributed by atoms with Gasteiger partial charge in [-0.2, -0.15) is 0 Å². The lowest BCUT2D eigenvalue weighted by Gasteiger charge is -2.19. The standard InChI is InChI=1S/C51H97NO3/c1-3-5-7-9-11-13-15-17-19-21-23-24-25-26-27-28-29-30-32-34-36-38-40-42-44-46-50(54)49(48-53)52-51(55)47-45-43-41-39-37-35-33-31-22-20-18-16-14-12-10-8-6-4-2/h31,33,36,38,44,46,49-50,53-54H,3-30,32,34-35,37,39-43,45,47-48H2,1-2H3,(H,52,55)/b33-31-,38-36+,46-44+. The van der Waals surface area contributed by atoms with Crippen molar-refractivity contribution in [3.63, 3.8) is 0 Å². The van der Waals surface area contributed by atoms with Gasteiger partial charge in [-0.3, -0.25) is 4.79 Å². The molecule has 4 heteroatoms. The van der Waals surface area contributed by atoms with E-state index >= 15 is 0 Å². The van der Waals surface area contributed by atoms with Crippen molar-refractivity contribution >= 4 is 5.91 Å². The van der Waals surface area contributed by atoms with Crippen LogP contribution in [-0.2, 0) is 4.79 Å². The molecule has 0 aliphatic rings. The second-order valence-corrected chi connectivity index (χ2v) is 16.9. The third kappa shape index (κ3) is 43.6. The first-order chi connectivity index (χ1) is 27.2. The molecular weight excluding hydrogens is 675 g/mol. The largest absolute Gasteiger partial charge is 0.394 e. The summed E-state index contributed by atoms with van der Waals surface area (Å²) in [6.45, 7) is 4.31. The van der Waals surface area contributed by atoms with Crippen LogP contribution in [0.1, 0.15) is 264 Å². The summed E-state index contributed by atoms with van der Waals surface area (Å²) in [7, 11) is 0. The van der Waals surface area contributed by atoms with Gasteiger partial charge in [-0.1, -0.05) is 237 Å². The number of carbonyl (C=O) groups is 1. The molecule has 3 N–H and O–H groups in total. The molecule has 0 bridgehead atoms. The Kier molecular flexibility index (Phi) is 45.8. The van der Waals surface area contributed by atoms with Gasteiger partial charge in [-0.15, -0.1) is 0 Å². The number of aliphatic hydroxyl groups is 2. The van der Waals surface area contributed by atoms with Gasteiger partial charge in [0.25, 0.3) is 0 Å². The highest BCUT2D eigenvalue weighted by atomic mass is 16.3. The average Bonchev–Trinajstić information content (AvgIpc) is 3.19. The van der Waals surface area contributed by atoms with Gasteiger partial charge < -0.3 is 15.5 Å². The Hall–Kier alpha value is -1.39. The number of rotatable bonds is 45. The van der Waals surface area contributed by atoms with Gasteiger partial charge in [0.15, 0.2) is 0 Å². The summed E-state index contributed by atoms with van der Waals surface area (Å²) in [4.78, 5) is 12.4. The van der Waals surface area contributed by atoms with E-state index in [9.17, 15) is 15.0 Å². The lowest BCUT2D eigenvalue weighted by Crippen LogP contribution is -2.45. The Labute approximate surface area is 344 Å². The first-order valence-electron chi connectivity index (χ1n) is 24.7. The smallest absolute Gasteiger partial charge is 0.220 e. The van der Waals surface area contributed by atoms with E-state index in [1.807, 2.05) is 6.08 Å². The molecule has 4 nitrogen and oxygen atoms in total. The third-order valence-electron chi connectivity index (χ3n) is 11.3. The summed E-state index contributed by atoms with van der Waals surface area (Å²) in [6.07, 6.45) is 62.8. The number of hydrogen-bond donors (Lipinski definition) is 3. The second-order valence-electron chi connectivity index (χ2n) is 16.9. The van der Waals surface area contributed by atoms with E-state index in [1.165, 1.54) is 199 Å². The van der Waals surface area contributed by atoms with Gasteiger partial charge in [-0.25, -0.2) is 0 Å². The molecule has 0 aromatic carbocycles. The predicted octanol–water partition coefficient (Wildman–Crippen LogP) is 15.7. The van der Waals surface area contributed by atoms with Crippen LogP contribution < -0.4 is 5.32 Å². The van der Waals surface area contributed by atoms with Crippen molar-refractivity contribution in [3.8, 4) is 0 Å². The molecule has 324 valence electrons. The van der Waals surface area contributed by atoms with E-state index in [4.69, 9.17) is 0 Å². The number of allylic oxidation sites excluding steroid dienone is 5. The van der Waals surface area contributed by atoms with Gasteiger partial charge in [0.05, 0.1) is 18.8 Å². The molecule has 0 aromatic heterocycles. The first kappa shape index (κ1) is 53.6. The highest BCUT2D eigenvalue weighted by Crippen LogP contribution is 2.16. The van der Waals surface area contributed by atoms with Gasteiger partial charge in [0.2, 0.25) is 5.91 Å². The van der Waals surface area contributed by atoms with E-state index in [-0.39, 0.29) is 12.5 Å². The van der Waals surface area contributed by atoms with Crippen LogP contribution in [0.5, 0.6) is 0 Å². The fraction of sp³-hybridized carbons (Fsp3) is 0.863. The maximum Gasteiger partial charge on any atom is 0.220 e. The van der Waals surface area contributed by atoms with Crippen molar-refractivity contribution in [3.05, 3.63) is 36.5 Å². The van der Waals surface area contributed by atoms with Crippen LogP contribution in [0.3, 0.4) is 0 Å². The first-order valence-corrected chi connectivity index (χ1v) is 24.7. The molecule has 0 rings (SSSR count). The minimum absolute atomic E-state index is 0.0799. The van der Waals surface area contributed by atoms with E-state index in [0.29, 0.717) is 6.42 Å². The number of unbranched alkanes of at least 4 members (excludes halogenated alkanes) is 34. The molecule has 2 atom stereocenters.